The molecule has 3 aromatic rings. The third kappa shape index (κ3) is 3.95. The van der Waals surface area contributed by atoms with E-state index in [9.17, 15) is 9.59 Å². The lowest BCUT2D eigenvalue weighted by Crippen LogP contribution is -2.26. The van der Waals surface area contributed by atoms with Crippen molar-refractivity contribution >= 4 is 35.0 Å². The summed E-state index contributed by atoms with van der Waals surface area (Å²) in [6.07, 6.45) is 2.45. The Morgan fingerprint density at radius 3 is 2.88 bits per heavy atom. The molecule has 168 valence electrons. The standard InChI is InChI=1S/C24H21N3O5S/c1-27-17-5-3-8-25-23(17)33-20-7-6-15(13-16(20)24(27)29)26-22(28)14-11-18(30-2)21-19(12-14)31-9-4-10-32-21/h3,5-8,11-13H,4,9-10H2,1-2H3,(H,26,28). The van der Waals surface area contributed by atoms with Gasteiger partial charge in [-0.2, -0.15) is 0 Å². The molecule has 0 spiro atoms. The average molecular weight is 464 g/mol. The quantitative estimate of drug-likeness (QED) is 0.621. The molecule has 3 heterocycles. The smallest absolute Gasteiger partial charge is 0.259 e. The summed E-state index contributed by atoms with van der Waals surface area (Å²) in [5, 5.41) is 3.63. The van der Waals surface area contributed by atoms with Gasteiger partial charge in [0.2, 0.25) is 5.75 Å². The maximum atomic E-state index is 13.1. The van der Waals surface area contributed by atoms with Crippen molar-refractivity contribution in [1.29, 1.82) is 0 Å². The number of nitrogens with zero attached hydrogens (tertiary/aromatic N) is 2. The Bertz CT molecular complexity index is 1260. The molecule has 5 rings (SSSR count). The van der Waals surface area contributed by atoms with Crippen molar-refractivity contribution in [2.24, 2.45) is 0 Å². The molecule has 0 unspecified atom stereocenters. The van der Waals surface area contributed by atoms with Crippen molar-refractivity contribution < 1.29 is 23.8 Å². The zero-order valence-electron chi connectivity index (χ0n) is 18.1. The molecule has 0 atom stereocenters. The molecular formula is C24H21N3O5S. The van der Waals surface area contributed by atoms with E-state index in [2.05, 4.69) is 10.3 Å². The predicted octanol–water partition coefficient (Wildman–Crippen LogP) is 4.25. The maximum Gasteiger partial charge on any atom is 0.259 e. The van der Waals surface area contributed by atoms with E-state index in [1.54, 1.807) is 48.5 Å². The molecule has 0 aliphatic carbocycles. The van der Waals surface area contributed by atoms with E-state index in [-0.39, 0.29) is 11.8 Å². The summed E-state index contributed by atoms with van der Waals surface area (Å²) in [6, 6.07) is 12.2. The molecule has 0 radical (unpaired) electrons. The van der Waals surface area contributed by atoms with Crippen LogP contribution in [0.5, 0.6) is 17.2 Å². The van der Waals surface area contributed by atoms with Crippen LogP contribution in [0, 0.1) is 0 Å². The Morgan fingerprint density at radius 2 is 2.03 bits per heavy atom. The number of aromatic nitrogens is 1. The van der Waals surface area contributed by atoms with Gasteiger partial charge in [0.1, 0.15) is 5.03 Å². The molecule has 1 N–H and O–H groups in total. The first-order valence-electron chi connectivity index (χ1n) is 10.4. The number of hydrogen-bond donors (Lipinski definition) is 1. The second-order valence-electron chi connectivity index (χ2n) is 7.52. The van der Waals surface area contributed by atoms with Gasteiger partial charge in [0, 0.05) is 35.8 Å². The number of pyridine rings is 1. The molecule has 0 fully saturated rings. The van der Waals surface area contributed by atoms with Crippen LogP contribution >= 0.6 is 11.8 Å². The summed E-state index contributed by atoms with van der Waals surface area (Å²) in [4.78, 5) is 32.9. The summed E-state index contributed by atoms with van der Waals surface area (Å²) >= 11 is 1.42. The highest BCUT2D eigenvalue weighted by Crippen LogP contribution is 2.41. The van der Waals surface area contributed by atoms with Crippen molar-refractivity contribution in [2.45, 2.75) is 16.3 Å². The number of methoxy groups -OCH3 is 1. The average Bonchev–Trinajstić information content (AvgIpc) is 3.14. The first-order valence-corrected chi connectivity index (χ1v) is 11.2. The van der Waals surface area contributed by atoms with Gasteiger partial charge >= 0.3 is 0 Å². The number of fused-ring (bicyclic) bond motifs is 3. The second kappa shape index (κ2) is 8.67. The molecule has 0 bridgehead atoms. The van der Waals surface area contributed by atoms with Crippen molar-refractivity contribution in [1.82, 2.24) is 4.98 Å². The molecule has 2 aliphatic rings. The highest BCUT2D eigenvalue weighted by Gasteiger charge is 2.26. The highest BCUT2D eigenvalue weighted by molar-refractivity contribution is 7.99. The predicted molar refractivity (Wildman–Crippen MR) is 124 cm³/mol. The SMILES string of the molecule is COc1cc(C(=O)Nc2ccc3c(c2)C(=O)N(C)c2cccnc2S3)cc2c1OCCCO2. The number of nitrogens with one attached hydrogen (secondary N) is 1. The lowest BCUT2D eigenvalue weighted by molar-refractivity contribution is 0.0987. The minimum atomic E-state index is -0.351. The van der Waals surface area contributed by atoms with Crippen LogP contribution in [-0.2, 0) is 0 Å². The number of amides is 2. The van der Waals surface area contributed by atoms with Crippen LogP contribution in [-0.4, -0.2) is 44.2 Å². The first-order chi connectivity index (χ1) is 16.0. The van der Waals surface area contributed by atoms with E-state index >= 15 is 0 Å². The van der Waals surface area contributed by atoms with Crippen molar-refractivity contribution in [3.05, 3.63) is 59.8 Å². The number of benzene rings is 2. The zero-order valence-corrected chi connectivity index (χ0v) is 18.9. The van der Waals surface area contributed by atoms with Crippen LogP contribution < -0.4 is 24.4 Å². The minimum absolute atomic E-state index is 0.169. The minimum Gasteiger partial charge on any atom is -0.493 e. The van der Waals surface area contributed by atoms with Gasteiger partial charge in [-0.05, 0) is 42.5 Å². The molecule has 33 heavy (non-hydrogen) atoms. The Balaban J connectivity index is 1.44. The van der Waals surface area contributed by atoms with Gasteiger partial charge in [-0.15, -0.1) is 0 Å². The van der Waals surface area contributed by atoms with E-state index in [1.807, 2.05) is 12.1 Å². The van der Waals surface area contributed by atoms with Gasteiger partial charge in [0.25, 0.3) is 11.8 Å². The van der Waals surface area contributed by atoms with Crippen molar-refractivity contribution in [3.63, 3.8) is 0 Å². The Labute approximate surface area is 194 Å². The molecule has 0 saturated heterocycles. The largest absolute Gasteiger partial charge is 0.493 e. The molecular weight excluding hydrogens is 442 g/mol. The van der Waals surface area contributed by atoms with Crippen LogP contribution in [0.2, 0.25) is 0 Å². The summed E-state index contributed by atoms with van der Waals surface area (Å²) in [7, 11) is 3.23. The van der Waals surface area contributed by atoms with Crippen LogP contribution in [0.4, 0.5) is 11.4 Å². The third-order valence-electron chi connectivity index (χ3n) is 5.39. The third-order valence-corrected chi connectivity index (χ3v) is 6.47. The van der Waals surface area contributed by atoms with Gasteiger partial charge in [0.15, 0.2) is 11.5 Å². The van der Waals surface area contributed by atoms with E-state index in [0.717, 1.165) is 22.0 Å². The van der Waals surface area contributed by atoms with Gasteiger partial charge in [-0.3, -0.25) is 9.59 Å². The fourth-order valence-corrected chi connectivity index (χ4v) is 4.73. The number of ether oxygens (including phenoxy) is 3. The lowest BCUT2D eigenvalue weighted by Gasteiger charge is -2.17. The second-order valence-corrected chi connectivity index (χ2v) is 8.55. The highest BCUT2D eigenvalue weighted by atomic mass is 32.2. The van der Waals surface area contributed by atoms with Crippen molar-refractivity contribution in [2.75, 3.05) is 37.6 Å². The Kier molecular flexibility index (Phi) is 5.55. The normalized spacial score (nSPS) is 14.5. The number of carbonyl (C=O) groups excluding carboxylic acids is 2. The van der Waals surface area contributed by atoms with Crippen LogP contribution in [0.25, 0.3) is 0 Å². The molecule has 2 amide bonds. The van der Waals surface area contributed by atoms with E-state index in [4.69, 9.17) is 14.2 Å². The lowest BCUT2D eigenvalue weighted by atomic mass is 10.1. The molecule has 2 aliphatic heterocycles. The number of carbonyl (C=O) groups is 2. The summed E-state index contributed by atoms with van der Waals surface area (Å²) < 4.78 is 16.9. The molecule has 0 saturated carbocycles. The fourth-order valence-electron chi connectivity index (χ4n) is 3.70. The van der Waals surface area contributed by atoms with Gasteiger partial charge in [-0.25, -0.2) is 4.98 Å². The van der Waals surface area contributed by atoms with Gasteiger partial charge in [-0.1, -0.05) is 11.8 Å². The van der Waals surface area contributed by atoms with E-state index in [1.165, 1.54) is 18.9 Å². The molecule has 1 aromatic heterocycles. The summed E-state index contributed by atoms with van der Waals surface area (Å²) in [5.41, 5.74) is 2.11. The van der Waals surface area contributed by atoms with E-state index in [0.29, 0.717) is 47.3 Å². The Morgan fingerprint density at radius 1 is 1.18 bits per heavy atom. The van der Waals surface area contributed by atoms with E-state index < -0.39 is 0 Å². The van der Waals surface area contributed by atoms with Gasteiger partial charge < -0.3 is 24.4 Å². The fraction of sp³-hybridized carbons (Fsp3) is 0.208. The van der Waals surface area contributed by atoms with Crippen LogP contribution in [0.15, 0.2) is 58.6 Å². The number of anilines is 2. The summed E-state index contributed by atoms with van der Waals surface area (Å²) in [6.45, 7) is 1.01. The Hall–Kier alpha value is -3.72. The molecule has 9 heteroatoms. The van der Waals surface area contributed by atoms with Gasteiger partial charge in [0.05, 0.1) is 31.6 Å². The van der Waals surface area contributed by atoms with Crippen LogP contribution in [0.1, 0.15) is 27.1 Å². The summed E-state index contributed by atoms with van der Waals surface area (Å²) in [5.74, 6) is 0.876. The topological polar surface area (TPSA) is 90.0 Å². The maximum absolute atomic E-state index is 13.1. The first kappa shape index (κ1) is 21.1. The number of hydrogen-bond acceptors (Lipinski definition) is 7. The molecule has 8 nitrogen and oxygen atoms in total. The monoisotopic (exact) mass is 463 g/mol. The van der Waals surface area contributed by atoms with Crippen LogP contribution in [0.3, 0.4) is 0 Å². The molecule has 2 aromatic carbocycles. The number of rotatable bonds is 3. The van der Waals surface area contributed by atoms with Crippen molar-refractivity contribution in [3.8, 4) is 17.2 Å². The zero-order chi connectivity index (χ0) is 22.9.